The number of hydrogen-bond donors (Lipinski definition) is 0. The van der Waals surface area contributed by atoms with Gasteiger partial charge in [0.15, 0.2) is 0 Å². The second kappa shape index (κ2) is 5.81. The number of benzene rings is 1. The lowest BCUT2D eigenvalue weighted by atomic mass is 10.2. The van der Waals surface area contributed by atoms with Crippen LogP contribution >= 0.6 is 23.1 Å². The van der Waals surface area contributed by atoms with Crippen molar-refractivity contribution in [3.8, 4) is 10.8 Å². The fourth-order valence-corrected chi connectivity index (χ4v) is 3.35. The van der Waals surface area contributed by atoms with Crippen LogP contribution in [0.25, 0.3) is 10.8 Å². The van der Waals surface area contributed by atoms with E-state index in [0.29, 0.717) is 11.1 Å². The molecule has 0 spiro atoms. The smallest absolute Gasteiger partial charge is 0.277 e. The summed E-state index contributed by atoms with van der Waals surface area (Å²) in [7, 11) is 0. The first kappa shape index (κ1) is 13.4. The van der Waals surface area contributed by atoms with Crippen LogP contribution in [0.3, 0.4) is 0 Å². The van der Waals surface area contributed by atoms with Crippen LogP contribution in [0.4, 0.5) is 0 Å². The third-order valence-corrected chi connectivity index (χ3v) is 4.84. The van der Waals surface area contributed by atoms with Gasteiger partial charge in [0.2, 0.25) is 0 Å². The molecule has 0 atom stereocenters. The molecule has 20 heavy (non-hydrogen) atoms. The normalized spacial score (nSPS) is 10.9. The van der Waals surface area contributed by atoms with Gasteiger partial charge in [-0.15, -0.1) is 21.5 Å². The first-order chi connectivity index (χ1) is 9.72. The number of thiophene rings is 1. The summed E-state index contributed by atoms with van der Waals surface area (Å²) in [5.41, 5.74) is 3.70. The second-order valence-corrected chi connectivity index (χ2v) is 6.42. The molecular formula is C15H14N2OS2. The Kier molecular flexibility index (Phi) is 3.89. The number of rotatable bonds is 4. The average Bonchev–Trinajstić information content (AvgIpc) is 3.06. The molecule has 0 saturated heterocycles. The van der Waals surface area contributed by atoms with Gasteiger partial charge in [-0.05, 0) is 36.4 Å². The summed E-state index contributed by atoms with van der Waals surface area (Å²) in [4.78, 5) is 1.06. The molecular weight excluding hydrogens is 288 g/mol. The van der Waals surface area contributed by atoms with Crippen LogP contribution in [0.1, 0.15) is 16.7 Å². The number of hydrogen-bond acceptors (Lipinski definition) is 5. The monoisotopic (exact) mass is 302 g/mol. The highest BCUT2D eigenvalue weighted by Gasteiger charge is 2.12. The van der Waals surface area contributed by atoms with Gasteiger partial charge in [0.25, 0.3) is 11.1 Å². The maximum Gasteiger partial charge on any atom is 0.277 e. The van der Waals surface area contributed by atoms with Crippen molar-refractivity contribution >= 4 is 23.1 Å². The average molecular weight is 302 g/mol. The summed E-state index contributed by atoms with van der Waals surface area (Å²) in [6.07, 6.45) is 0. The molecule has 2 heterocycles. The van der Waals surface area contributed by atoms with Crippen molar-refractivity contribution in [1.82, 2.24) is 10.2 Å². The van der Waals surface area contributed by atoms with Gasteiger partial charge in [-0.25, -0.2) is 0 Å². The van der Waals surface area contributed by atoms with Gasteiger partial charge >= 0.3 is 0 Å². The van der Waals surface area contributed by atoms with Gasteiger partial charge in [0.1, 0.15) is 0 Å². The molecule has 5 heteroatoms. The van der Waals surface area contributed by atoms with Gasteiger partial charge in [0.05, 0.1) is 4.88 Å². The van der Waals surface area contributed by atoms with Crippen molar-refractivity contribution in [1.29, 1.82) is 0 Å². The van der Waals surface area contributed by atoms with E-state index in [0.717, 1.165) is 10.6 Å². The first-order valence-corrected chi connectivity index (χ1v) is 8.15. The zero-order valence-corrected chi connectivity index (χ0v) is 12.9. The van der Waals surface area contributed by atoms with E-state index in [2.05, 4.69) is 54.4 Å². The van der Waals surface area contributed by atoms with Gasteiger partial charge in [-0.2, -0.15) is 0 Å². The van der Waals surface area contributed by atoms with Crippen LogP contribution in [-0.2, 0) is 5.75 Å². The van der Waals surface area contributed by atoms with Crippen LogP contribution in [0.2, 0.25) is 0 Å². The second-order valence-electron chi connectivity index (χ2n) is 4.58. The molecule has 0 unspecified atom stereocenters. The van der Waals surface area contributed by atoms with Gasteiger partial charge in [0, 0.05) is 5.75 Å². The van der Waals surface area contributed by atoms with Crippen molar-refractivity contribution in [2.24, 2.45) is 0 Å². The molecule has 0 radical (unpaired) electrons. The Bertz CT molecular complexity index is 701. The maximum absolute atomic E-state index is 5.71. The SMILES string of the molecule is Cc1ccc(CSc2nnc(-c3sccc3C)o2)cc1. The van der Waals surface area contributed by atoms with E-state index in [4.69, 9.17) is 4.42 Å². The lowest BCUT2D eigenvalue weighted by Gasteiger charge is -1.98. The number of aromatic nitrogens is 2. The molecule has 102 valence electrons. The van der Waals surface area contributed by atoms with Crippen molar-refractivity contribution < 1.29 is 4.42 Å². The van der Waals surface area contributed by atoms with E-state index in [1.807, 2.05) is 5.38 Å². The number of thioether (sulfide) groups is 1. The zero-order valence-electron chi connectivity index (χ0n) is 11.3. The number of aryl methyl sites for hydroxylation is 2. The molecule has 3 nitrogen and oxygen atoms in total. The van der Waals surface area contributed by atoms with Crippen molar-refractivity contribution in [3.63, 3.8) is 0 Å². The summed E-state index contributed by atoms with van der Waals surface area (Å²) < 4.78 is 5.71. The largest absolute Gasteiger partial charge is 0.410 e. The van der Waals surface area contributed by atoms with Crippen LogP contribution in [0, 0.1) is 13.8 Å². The summed E-state index contributed by atoms with van der Waals surface area (Å²) in [6, 6.07) is 10.5. The molecule has 0 aliphatic heterocycles. The van der Waals surface area contributed by atoms with Crippen molar-refractivity contribution in [2.45, 2.75) is 24.8 Å². The van der Waals surface area contributed by atoms with Gasteiger partial charge < -0.3 is 4.42 Å². The fourth-order valence-electron chi connectivity index (χ4n) is 1.78. The predicted molar refractivity (Wildman–Crippen MR) is 83.1 cm³/mol. The molecule has 0 saturated carbocycles. The molecule has 0 aliphatic rings. The minimum atomic E-state index is 0.615. The summed E-state index contributed by atoms with van der Waals surface area (Å²) >= 11 is 3.19. The first-order valence-electron chi connectivity index (χ1n) is 6.29. The van der Waals surface area contributed by atoms with Crippen molar-refractivity contribution in [3.05, 3.63) is 52.4 Å². The van der Waals surface area contributed by atoms with E-state index >= 15 is 0 Å². The molecule has 0 fully saturated rings. The van der Waals surface area contributed by atoms with E-state index in [9.17, 15) is 0 Å². The summed E-state index contributed by atoms with van der Waals surface area (Å²) in [6.45, 7) is 4.14. The Morgan fingerprint density at radius 2 is 1.90 bits per heavy atom. The highest BCUT2D eigenvalue weighted by molar-refractivity contribution is 7.98. The van der Waals surface area contributed by atoms with Crippen LogP contribution < -0.4 is 0 Å². The summed E-state index contributed by atoms with van der Waals surface area (Å²) in [5.74, 6) is 1.45. The van der Waals surface area contributed by atoms with E-state index < -0.39 is 0 Å². The molecule has 2 aromatic heterocycles. The molecule has 0 aliphatic carbocycles. The summed E-state index contributed by atoms with van der Waals surface area (Å²) in [5, 5.41) is 10.9. The standard InChI is InChI=1S/C15H14N2OS2/c1-10-3-5-12(6-4-10)9-20-15-17-16-14(18-15)13-11(2)7-8-19-13/h3-8H,9H2,1-2H3. The quantitative estimate of drug-likeness (QED) is 0.654. The Labute approximate surface area is 126 Å². The third-order valence-electron chi connectivity index (χ3n) is 2.95. The highest BCUT2D eigenvalue weighted by atomic mass is 32.2. The Hall–Kier alpha value is -1.59. The Balaban J connectivity index is 1.69. The number of nitrogens with zero attached hydrogens (tertiary/aromatic N) is 2. The Morgan fingerprint density at radius 1 is 1.10 bits per heavy atom. The van der Waals surface area contributed by atoms with E-state index in [1.165, 1.54) is 16.7 Å². The third kappa shape index (κ3) is 2.94. The van der Waals surface area contributed by atoms with Crippen LogP contribution in [-0.4, -0.2) is 10.2 Å². The Morgan fingerprint density at radius 3 is 2.60 bits per heavy atom. The maximum atomic E-state index is 5.71. The van der Waals surface area contributed by atoms with Gasteiger partial charge in [-0.3, -0.25) is 0 Å². The zero-order chi connectivity index (χ0) is 13.9. The van der Waals surface area contributed by atoms with E-state index in [-0.39, 0.29) is 0 Å². The molecule has 1 aromatic carbocycles. The van der Waals surface area contributed by atoms with Gasteiger partial charge in [-0.1, -0.05) is 41.6 Å². The van der Waals surface area contributed by atoms with Crippen LogP contribution in [0.5, 0.6) is 0 Å². The molecule has 0 N–H and O–H groups in total. The molecule has 0 bridgehead atoms. The topological polar surface area (TPSA) is 38.9 Å². The molecule has 3 aromatic rings. The minimum Gasteiger partial charge on any atom is -0.410 e. The minimum absolute atomic E-state index is 0.615. The highest BCUT2D eigenvalue weighted by Crippen LogP contribution is 2.30. The van der Waals surface area contributed by atoms with Crippen molar-refractivity contribution in [2.75, 3.05) is 0 Å². The lowest BCUT2D eigenvalue weighted by molar-refractivity contribution is 0.466. The van der Waals surface area contributed by atoms with Crippen LogP contribution in [0.15, 0.2) is 45.4 Å². The molecule has 3 rings (SSSR count). The molecule has 0 amide bonds. The fraction of sp³-hybridized carbons (Fsp3) is 0.200. The van der Waals surface area contributed by atoms with E-state index in [1.54, 1.807) is 23.1 Å². The lowest BCUT2D eigenvalue weighted by Crippen LogP contribution is -1.81. The predicted octanol–water partition coefficient (Wildman–Crippen LogP) is 4.71.